The summed E-state index contributed by atoms with van der Waals surface area (Å²) in [5.74, 6) is 0.421. The average molecular weight is 511 g/mol. The van der Waals surface area contributed by atoms with Crippen molar-refractivity contribution in [2.24, 2.45) is 11.3 Å². The number of hydrogen-bond acceptors (Lipinski definition) is 6. The molecule has 1 aromatic heterocycles. The van der Waals surface area contributed by atoms with Crippen LogP contribution < -0.4 is 10.2 Å². The number of carbonyl (C=O) groups excluding carboxylic acids is 1. The van der Waals surface area contributed by atoms with E-state index in [1.54, 1.807) is 13.2 Å². The van der Waals surface area contributed by atoms with Gasteiger partial charge in [0.05, 0.1) is 24.2 Å². The molecule has 0 aromatic carbocycles. The van der Waals surface area contributed by atoms with Crippen molar-refractivity contribution in [3.63, 3.8) is 0 Å². The molecule has 36 heavy (non-hydrogen) atoms. The highest BCUT2D eigenvalue weighted by atomic mass is 19.4. The molecule has 2 bridgehead atoms. The number of pyridine rings is 1. The summed E-state index contributed by atoms with van der Waals surface area (Å²) in [6.45, 7) is 6.71. The van der Waals surface area contributed by atoms with E-state index in [-0.39, 0.29) is 42.1 Å². The lowest BCUT2D eigenvalue weighted by atomic mass is 9.74. The summed E-state index contributed by atoms with van der Waals surface area (Å²) >= 11 is 0. The van der Waals surface area contributed by atoms with Crippen molar-refractivity contribution in [3.8, 4) is 0 Å². The van der Waals surface area contributed by atoms with Crippen LogP contribution in [0.15, 0.2) is 18.3 Å². The first-order chi connectivity index (χ1) is 17.1. The molecule has 10 heteroatoms. The summed E-state index contributed by atoms with van der Waals surface area (Å²) in [7, 11) is 1.71. The van der Waals surface area contributed by atoms with Gasteiger partial charge in [0, 0.05) is 56.8 Å². The SMILES string of the molecule is CO[C@@H]1COCC[C@@H]1N[C@@H]1CC[C@@](C(=O)N2C[C@@H]3C[C@H]2CN3c2ccnc(C(F)(F)F)c2)(C(C)C)C1. The lowest BCUT2D eigenvalue weighted by Crippen LogP contribution is -2.55. The van der Waals surface area contributed by atoms with Crippen molar-refractivity contribution in [1.29, 1.82) is 0 Å². The number of anilines is 1. The number of hydrogen-bond donors (Lipinski definition) is 1. The Bertz CT molecular complexity index is 961. The number of fused-ring (bicyclic) bond motifs is 2. The highest BCUT2D eigenvalue weighted by molar-refractivity contribution is 5.84. The van der Waals surface area contributed by atoms with Crippen LogP contribution in [0.25, 0.3) is 0 Å². The Morgan fingerprint density at radius 2 is 2.08 bits per heavy atom. The van der Waals surface area contributed by atoms with E-state index in [4.69, 9.17) is 9.47 Å². The lowest BCUT2D eigenvalue weighted by Gasteiger charge is -2.42. The summed E-state index contributed by atoms with van der Waals surface area (Å²) in [6, 6.07) is 3.30. The number of aromatic nitrogens is 1. The molecule has 0 spiro atoms. The second-order valence-corrected chi connectivity index (χ2v) is 11.2. The number of alkyl halides is 3. The zero-order chi connectivity index (χ0) is 25.7. The minimum Gasteiger partial charge on any atom is -0.379 e. The number of rotatable bonds is 6. The Balaban J connectivity index is 1.26. The van der Waals surface area contributed by atoms with Crippen molar-refractivity contribution >= 4 is 11.6 Å². The Kier molecular flexibility index (Phi) is 6.97. The molecule has 3 aliphatic heterocycles. The molecule has 3 saturated heterocycles. The first-order valence-electron chi connectivity index (χ1n) is 13.1. The average Bonchev–Trinajstić information content (AvgIpc) is 3.58. The maximum atomic E-state index is 14.1. The smallest absolute Gasteiger partial charge is 0.379 e. The summed E-state index contributed by atoms with van der Waals surface area (Å²) in [5.41, 5.74) is -0.759. The number of methoxy groups -OCH3 is 1. The Hall–Kier alpha value is -1.91. The van der Waals surface area contributed by atoms with Crippen molar-refractivity contribution in [2.45, 2.75) is 82.4 Å². The van der Waals surface area contributed by atoms with Gasteiger partial charge in [0.25, 0.3) is 0 Å². The van der Waals surface area contributed by atoms with Gasteiger partial charge in [0.15, 0.2) is 0 Å². The molecule has 7 nitrogen and oxygen atoms in total. The maximum Gasteiger partial charge on any atom is 0.433 e. The molecule has 1 saturated carbocycles. The summed E-state index contributed by atoms with van der Waals surface area (Å²) in [4.78, 5) is 21.6. The van der Waals surface area contributed by atoms with E-state index in [1.165, 1.54) is 6.20 Å². The predicted octanol–water partition coefficient (Wildman–Crippen LogP) is 3.48. The molecule has 4 fully saturated rings. The maximum absolute atomic E-state index is 14.1. The summed E-state index contributed by atoms with van der Waals surface area (Å²) in [6.07, 6.45) is 1.06. The first-order valence-corrected chi connectivity index (χ1v) is 13.1. The molecule has 4 aliphatic rings. The largest absolute Gasteiger partial charge is 0.433 e. The minimum atomic E-state index is -4.47. The number of likely N-dealkylation sites (tertiary alicyclic amines) is 1. The van der Waals surface area contributed by atoms with Gasteiger partial charge in [-0.25, -0.2) is 0 Å². The fraction of sp³-hybridized carbons (Fsp3) is 0.769. The molecule has 1 aromatic rings. The number of ether oxygens (including phenoxy) is 2. The van der Waals surface area contributed by atoms with Gasteiger partial charge < -0.3 is 24.6 Å². The summed E-state index contributed by atoms with van der Waals surface area (Å²) in [5, 5.41) is 3.77. The number of carbonyl (C=O) groups is 1. The van der Waals surface area contributed by atoms with Crippen molar-refractivity contribution in [1.82, 2.24) is 15.2 Å². The fourth-order valence-electron chi connectivity index (χ4n) is 6.89. The van der Waals surface area contributed by atoms with Crippen molar-refractivity contribution < 1.29 is 27.4 Å². The third-order valence-electron chi connectivity index (χ3n) is 9.00. The van der Waals surface area contributed by atoms with Crippen LogP contribution in [0.2, 0.25) is 0 Å². The van der Waals surface area contributed by atoms with Crippen LogP contribution in [0.4, 0.5) is 18.9 Å². The summed E-state index contributed by atoms with van der Waals surface area (Å²) < 4.78 is 50.7. The van der Waals surface area contributed by atoms with Crippen LogP contribution in [0, 0.1) is 11.3 Å². The molecular formula is C26H37F3N4O3. The van der Waals surface area contributed by atoms with Gasteiger partial charge in [-0.15, -0.1) is 0 Å². The molecule has 0 radical (unpaired) electrons. The number of amides is 1. The van der Waals surface area contributed by atoms with E-state index < -0.39 is 17.3 Å². The van der Waals surface area contributed by atoms with Gasteiger partial charge in [0.1, 0.15) is 5.69 Å². The second-order valence-electron chi connectivity index (χ2n) is 11.2. The Morgan fingerprint density at radius 1 is 1.28 bits per heavy atom. The lowest BCUT2D eigenvalue weighted by molar-refractivity contribution is -0.146. The number of piperazine rings is 1. The molecule has 1 amide bonds. The zero-order valence-electron chi connectivity index (χ0n) is 21.3. The Morgan fingerprint density at radius 3 is 2.75 bits per heavy atom. The van der Waals surface area contributed by atoms with E-state index in [0.29, 0.717) is 32.0 Å². The highest BCUT2D eigenvalue weighted by Gasteiger charge is 2.54. The second kappa shape index (κ2) is 9.76. The molecule has 6 atom stereocenters. The number of nitrogens with one attached hydrogen (secondary N) is 1. The molecule has 200 valence electrons. The third kappa shape index (κ3) is 4.60. The van der Waals surface area contributed by atoms with Crippen molar-refractivity contribution in [3.05, 3.63) is 24.0 Å². The van der Waals surface area contributed by atoms with Crippen LogP contribution in [0.1, 0.15) is 51.6 Å². The monoisotopic (exact) mass is 510 g/mol. The predicted molar refractivity (Wildman–Crippen MR) is 129 cm³/mol. The van der Waals surface area contributed by atoms with Crippen LogP contribution in [-0.2, 0) is 20.4 Å². The minimum absolute atomic E-state index is 0.0230. The topological polar surface area (TPSA) is 66.9 Å². The first kappa shape index (κ1) is 25.7. The van der Waals surface area contributed by atoms with Crippen LogP contribution in [-0.4, -0.2) is 79.5 Å². The molecular weight excluding hydrogens is 473 g/mol. The Labute approximate surface area is 210 Å². The quantitative estimate of drug-likeness (QED) is 0.632. The van der Waals surface area contributed by atoms with Gasteiger partial charge in [0.2, 0.25) is 5.91 Å². The van der Waals surface area contributed by atoms with E-state index in [0.717, 1.165) is 38.2 Å². The van der Waals surface area contributed by atoms with Gasteiger partial charge >= 0.3 is 6.18 Å². The zero-order valence-corrected chi connectivity index (χ0v) is 21.3. The van der Waals surface area contributed by atoms with E-state index in [2.05, 4.69) is 24.1 Å². The molecule has 1 N–H and O–H groups in total. The fourth-order valence-corrected chi connectivity index (χ4v) is 6.89. The van der Waals surface area contributed by atoms with Crippen LogP contribution in [0.5, 0.6) is 0 Å². The van der Waals surface area contributed by atoms with Gasteiger partial charge in [-0.05, 0) is 50.2 Å². The molecule has 5 rings (SSSR count). The third-order valence-corrected chi connectivity index (χ3v) is 9.00. The molecule has 4 heterocycles. The van der Waals surface area contributed by atoms with Crippen LogP contribution >= 0.6 is 0 Å². The molecule has 0 unspecified atom stereocenters. The number of nitrogens with zero attached hydrogens (tertiary/aromatic N) is 3. The molecule has 1 aliphatic carbocycles. The number of halogens is 3. The standard InChI is InChI=1S/C26H37F3N4O3/c1-16(2)25(7-4-17(12-25)31-21-6-9-36-15-22(21)35-3)24(34)33-14-19-10-20(33)13-32(19)18-5-8-30-23(11-18)26(27,28)29/h5,8,11,16-17,19-22,31H,4,6-7,9-10,12-15H2,1-3H3/t17-,19+,20+,21+,22-,25+/m1/s1. The van der Waals surface area contributed by atoms with E-state index in [9.17, 15) is 18.0 Å². The van der Waals surface area contributed by atoms with Crippen molar-refractivity contribution in [2.75, 3.05) is 38.3 Å². The highest BCUT2D eigenvalue weighted by Crippen LogP contribution is 2.48. The van der Waals surface area contributed by atoms with E-state index >= 15 is 0 Å². The van der Waals surface area contributed by atoms with E-state index in [1.807, 2.05) is 9.80 Å². The normalized spacial score (nSPS) is 34.7. The van der Waals surface area contributed by atoms with Gasteiger partial charge in [-0.1, -0.05) is 13.8 Å². The van der Waals surface area contributed by atoms with Crippen LogP contribution in [0.3, 0.4) is 0 Å². The van der Waals surface area contributed by atoms with Gasteiger partial charge in [-0.3, -0.25) is 9.78 Å². The van der Waals surface area contributed by atoms with Gasteiger partial charge in [-0.2, -0.15) is 13.2 Å².